The Morgan fingerprint density at radius 1 is 1.00 bits per heavy atom. The first-order valence-corrected chi connectivity index (χ1v) is 9.60. The average Bonchev–Trinajstić information content (AvgIpc) is 3.26. The van der Waals surface area contributed by atoms with E-state index in [1.165, 1.54) is 0 Å². The molecule has 146 valence electrons. The molecule has 1 aliphatic heterocycles. The molecule has 0 unspecified atom stereocenters. The lowest BCUT2D eigenvalue weighted by molar-refractivity contribution is 0.262. The lowest BCUT2D eigenvalue weighted by Crippen LogP contribution is -2.24. The smallest absolute Gasteiger partial charge is 0.328 e. The molecule has 0 aliphatic carbocycles. The largest absolute Gasteiger partial charge is 0.370 e. The van der Waals surface area contributed by atoms with Gasteiger partial charge < -0.3 is 15.5 Å². The van der Waals surface area contributed by atoms with Crippen molar-refractivity contribution in [3.05, 3.63) is 51.9 Å². The maximum atomic E-state index is 12.6. The highest BCUT2D eigenvalue weighted by Gasteiger charge is 2.20. The van der Waals surface area contributed by atoms with Gasteiger partial charge in [0.05, 0.1) is 22.4 Å². The van der Waals surface area contributed by atoms with Gasteiger partial charge in [0.25, 0.3) is 0 Å². The number of rotatable bonds is 3. The summed E-state index contributed by atoms with van der Waals surface area (Å²) < 4.78 is 3.22. The molecule has 28 heavy (non-hydrogen) atoms. The monoisotopic (exact) mass is 399 g/mol. The Labute approximate surface area is 167 Å². The van der Waals surface area contributed by atoms with Crippen molar-refractivity contribution in [2.75, 3.05) is 28.6 Å². The van der Waals surface area contributed by atoms with E-state index in [4.69, 9.17) is 11.6 Å². The minimum atomic E-state index is -0.358. The molecule has 0 bridgehead atoms. The number of fused-ring (bicyclic) bond motifs is 1. The summed E-state index contributed by atoms with van der Waals surface area (Å²) in [6.07, 6.45) is 2.22. The van der Waals surface area contributed by atoms with E-state index in [0.29, 0.717) is 16.4 Å². The molecule has 2 heterocycles. The van der Waals surface area contributed by atoms with Crippen molar-refractivity contribution < 1.29 is 4.79 Å². The Kier molecular flexibility index (Phi) is 4.77. The molecule has 7 nitrogen and oxygen atoms in total. The van der Waals surface area contributed by atoms with Crippen molar-refractivity contribution >= 4 is 45.7 Å². The Balaban J connectivity index is 1.71. The maximum absolute atomic E-state index is 12.6. The molecule has 1 aromatic heterocycles. The maximum Gasteiger partial charge on any atom is 0.328 e. The molecular weight excluding hydrogens is 378 g/mol. The highest BCUT2D eigenvalue weighted by atomic mass is 35.5. The van der Waals surface area contributed by atoms with Crippen LogP contribution in [-0.4, -0.2) is 28.3 Å². The second-order valence-corrected chi connectivity index (χ2v) is 7.48. The van der Waals surface area contributed by atoms with Crippen molar-refractivity contribution in [3.63, 3.8) is 0 Å². The van der Waals surface area contributed by atoms with Gasteiger partial charge in [-0.3, -0.25) is 9.13 Å². The average molecular weight is 400 g/mol. The molecule has 2 aromatic carbocycles. The number of amides is 2. The second kappa shape index (κ2) is 7.24. The van der Waals surface area contributed by atoms with Crippen LogP contribution in [0.15, 0.2) is 41.2 Å². The molecule has 3 aromatic rings. The third kappa shape index (κ3) is 3.33. The van der Waals surface area contributed by atoms with Crippen molar-refractivity contribution in [3.8, 4) is 0 Å². The Hall–Kier alpha value is -2.93. The third-order valence-electron chi connectivity index (χ3n) is 5.17. The second-order valence-electron chi connectivity index (χ2n) is 7.04. The predicted octanol–water partition coefficient (Wildman–Crippen LogP) is 3.77. The van der Waals surface area contributed by atoms with Gasteiger partial charge in [0.2, 0.25) is 0 Å². The van der Waals surface area contributed by atoms with Crippen LogP contribution >= 0.6 is 11.6 Å². The van der Waals surface area contributed by atoms with Gasteiger partial charge in [-0.2, -0.15) is 0 Å². The molecule has 1 aliphatic rings. The number of carbonyl (C=O) groups excluding carboxylic acids is 1. The molecule has 1 saturated heterocycles. The van der Waals surface area contributed by atoms with Crippen LogP contribution in [0.1, 0.15) is 12.8 Å². The highest BCUT2D eigenvalue weighted by Crippen LogP contribution is 2.33. The van der Waals surface area contributed by atoms with Crippen molar-refractivity contribution in [2.45, 2.75) is 12.8 Å². The normalized spacial score (nSPS) is 13.9. The summed E-state index contributed by atoms with van der Waals surface area (Å²) >= 11 is 5.99. The Morgan fingerprint density at radius 3 is 2.36 bits per heavy atom. The summed E-state index contributed by atoms with van der Waals surface area (Å²) in [6.45, 7) is 1.85. The van der Waals surface area contributed by atoms with Crippen LogP contribution in [0.4, 0.5) is 21.9 Å². The first-order chi connectivity index (χ1) is 13.4. The van der Waals surface area contributed by atoms with Crippen LogP contribution in [0, 0.1) is 0 Å². The Bertz CT molecular complexity index is 1110. The van der Waals surface area contributed by atoms with Gasteiger partial charge in [-0.15, -0.1) is 0 Å². The summed E-state index contributed by atoms with van der Waals surface area (Å²) in [7, 11) is 3.49. The highest BCUT2D eigenvalue weighted by molar-refractivity contribution is 6.30. The van der Waals surface area contributed by atoms with Gasteiger partial charge in [-0.05, 0) is 43.2 Å². The molecule has 4 rings (SSSR count). The summed E-state index contributed by atoms with van der Waals surface area (Å²) in [5.41, 5.74) is 3.73. The topological polar surface area (TPSA) is 71.3 Å². The van der Waals surface area contributed by atoms with Gasteiger partial charge in [-0.25, -0.2) is 9.59 Å². The van der Waals surface area contributed by atoms with Gasteiger partial charge in [-0.1, -0.05) is 17.7 Å². The van der Waals surface area contributed by atoms with E-state index < -0.39 is 0 Å². The van der Waals surface area contributed by atoms with Crippen LogP contribution in [-0.2, 0) is 14.1 Å². The van der Waals surface area contributed by atoms with Crippen molar-refractivity contribution in [1.82, 2.24) is 9.13 Å². The van der Waals surface area contributed by atoms with Crippen LogP contribution in [0.3, 0.4) is 0 Å². The van der Waals surface area contributed by atoms with E-state index >= 15 is 0 Å². The zero-order valence-electron chi connectivity index (χ0n) is 15.8. The number of halogens is 1. The fourth-order valence-corrected chi connectivity index (χ4v) is 3.90. The van der Waals surface area contributed by atoms with Crippen LogP contribution < -0.4 is 21.2 Å². The number of hydrogen-bond donors (Lipinski definition) is 2. The number of aryl methyl sites for hydroxylation is 2. The summed E-state index contributed by atoms with van der Waals surface area (Å²) in [4.78, 5) is 27.2. The van der Waals surface area contributed by atoms with Gasteiger partial charge in [0.15, 0.2) is 0 Å². The number of benzene rings is 2. The number of nitrogens with zero attached hydrogens (tertiary/aromatic N) is 3. The number of urea groups is 1. The minimum Gasteiger partial charge on any atom is -0.370 e. The minimum absolute atomic E-state index is 0.0945. The number of anilines is 3. The molecule has 2 N–H and O–H groups in total. The van der Waals surface area contributed by atoms with E-state index in [9.17, 15) is 9.59 Å². The lowest BCUT2D eigenvalue weighted by atomic mass is 10.2. The predicted molar refractivity (Wildman–Crippen MR) is 114 cm³/mol. The summed E-state index contributed by atoms with van der Waals surface area (Å²) in [5, 5.41) is 6.30. The number of carbonyl (C=O) groups is 1. The fraction of sp³-hybridized carbons (Fsp3) is 0.300. The molecule has 2 amide bonds. The van der Waals surface area contributed by atoms with E-state index in [-0.39, 0.29) is 11.7 Å². The number of imidazole rings is 1. The van der Waals surface area contributed by atoms with Gasteiger partial charge in [0, 0.05) is 37.9 Å². The van der Waals surface area contributed by atoms with Gasteiger partial charge in [0.1, 0.15) is 0 Å². The molecule has 0 radical (unpaired) electrons. The van der Waals surface area contributed by atoms with Crippen LogP contribution in [0.2, 0.25) is 5.02 Å². The number of nitrogens with one attached hydrogen (secondary N) is 2. The number of aromatic nitrogens is 2. The van der Waals surface area contributed by atoms with Crippen molar-refractivity contribution in [1.29, 1.82) is 0 Å². The molecule has 0 saturated carbocycles. The van der Waals surface area contributed by atoms with Crippen LogP contribution in [0.25, 0.3) is 11.0 Å². The SMILES string of the molecule is Cn1c(=O)n(C)c2cc(N3CCCC3)c(NC(=O)Nc3cccc(Cl)c3)cc21. The van der Waals surface area contributed by atoms with E-state index in [0.717, 1.165) is 42.7 Å². The number of hydrogen-bond acceptors (Lipinski definition) is 3. The van der Waals surface area contributed by atoms with E-state index in [2.05, 4.69) is 15.5 Å². The fourth-order valence-electron chi connectivity index (χ4n) is 3.70. The first-order valence-electron chi connectivity index (χ1n) is 9.22. The van der Waals surface area contributed by atoms with E-state index in [1.54, 1.807) is 47.5 Å². The first kappa shape index (κ1) is 18.4. The van der Waals surface area contributed by atoms with Crippen LogP contribution in [0.5, 0.6) is 0 Å². The molecule has 8 heteroatoms. The summed E-state index contributed by atoms with van der Waals surface area (Å²) in [6, 6.07) is 10.5. The van der Waals surface area contributed by atoms with E-state index in [1.807, 2.05) is 12.1 Å². The standard InChI is InChI=1S/C20H22ClN5O2/c1-24-17-11-15(23-19(27)22-14-7-5-6-13(21)10-14)16(26-8-3-4-9-26)12-18(17)25(2)20(24)28/h5-7,10-12H,3-4,8-9H2,1-2H3,(H2,22,23,27). The van der Waals surface area contributed by atoms with Gasteiger partial charge >= 0.3 is 11.7 Å². The molecular formula is C20H22ClN5O2. The summed E-state index contributed by atoms with van der Waals surface area (Å²) in [5.74, 6) is 0. The molecule has 0 atom stereocenters. The third-order valence-corrected chi connectivity index (χ3v) is 5.40. The molecule has 1 fully saturated rings. The zero-order chi connectivity index (χ0) is 19.8. The lowest BCUT2D eigenvalue weighted by Gasteiger charge is -2.22. The van der Waals surface area contributed by atoms with Crippen molar-refractivity contribution in [2.24, 2.45) is 14.1 Å². The zero-order valence-corrected chi connectivity index (χ0v) is 16.6. The Morgan fingerprint density at radius 2 is 1.68 bits per heavy atom. The molecule has 0 spiro atoms. The quantitative estimate of drug-likeness (QED) is 0.704.